The predicted molar refractivity (Wildman–Crippen MR) is 145 cm³/mol. The highest BCUT2D eigenvalue weighted by Crippen LogP contribution is 2.37. The summed E-state index contributed by atoms with van der Waals surface area (Å²) >= 11 is 0. The molecule has 0 saturated heterocycles. The molecule has 5 aromatic carbocycles. The first-order valence-electron chi connectivity index (χ1n) is 11.8. The van der Waals surface area contributed by atoms with Crippen LogP contribution >= 0.6 is 0 Å². The molecule has 2 heterocycles. The molecule has 0 N–H and O–H groups in total. The van der Waals surface area contributed by atoms with Gasteiger partial charge in [0.1, 0.15) is 5.65 Å². The van der Waals surface area contributed by atoms with Crippen LogP contribution in [0.1, 0.15) is 11.1 Å². The third-order valence-electron chi connectivity index (χ3n) is 7.03. The van der Waals surface area contributed by atoms with E-state index >= 15 is 0 Å². The molecule has 0 aliphatic heterocycles. The summed E-state index contributed by atoms with van der Waals surface area (Å²) < 4.78 is 1.67. The van der Waals surface area contributed by atoms with E-state index < -0.39 is 0 Å². The molecule has 0 radical (unpaired) electrons. The fraction of sp³-hybridized carbons (Fsp3) is 0. The van der Waals surface area contributed by atoms with Gasteiger partial charge < -0.3 is 0 Å². The number of nitriles is 2. The zero-order chi connectivity index (χ0) is 25.1. The molecule has 0 bridgehead atoms. The largest absolute Gasteiger partial charge is 0.268 e. The SMILES string of the molecule is N#Cc1ccc2c(=O)n3c4cc(-c5ccccc5)cc(-c5ccccc5)c4nc3c3ccc(C#N)c1c23. The summed E-state index contributed by atoms with van der Waals surface area (Å²) in [6, 6.07) is 35.4. The lowest BCUT2D eigenvalue weighted by Gasteiger charge is -2.10. The van der Waals surface area contributed by atoms with Gasteiger partial charge in [-0.25, -0.2) is 4.98 Å². The Morgan fingerprint density at radius 3 is 1.92 bits per heavy atom. The number of benzene rings is 5. The second kappa shape index (κ2) is 7.75. The normalized spacial score (nSPS) is 11.3. The first-order chi connectivity index (χ1) is 18.2. The number of aromatic nitrogens is 2. The molecule has 7 aromatic rings. The Hall–Kier alpha value is -5.52. The van der Waals surface area contributed by atoms with Gasteiger partial charge in [0, 0.05) is 27.1 Å². The van der Waals surface area contributed by atoms with Crippen molar-refractivity contribution in [2.24, 2.45) is 0 Å². The van der Waals surface area contributed by atoms with Crippen LogP contribution in [-0.4, -0.2) is 9.38 Å². The van der Waals surface area contributed by atoms with E-state index in [1.165, 1.54) is 0 Å². The maximum Gasteiger partial charge on any atom is 0.264 e. The molecule has 0 aliphatic carbocycles. The first-order valence-corrected chi connectivity index (χ1v) is 11.8. The maximum atomic E-state index is 14.0. The van der Waals surface area contributed by atoms with Gasteiger partial charge in [0.25, 0.3) is 5.56 Å². The van der Waals surface area contributed by atoms with Gasteiger partial charge in [-0.3, -0.25) is 9.20 Å². The van der Waals surface area contributed by atoms with Gasteiger partial charge in [0.05, 0.1) is 34.3 Å². The lowest BCUT2D eigenvalue weighted by atomic mass is 9.95. The van der Waals surface area contributed by atoms with Crippen LogP contribution in [0.5, 0.6) is 0 Å². The van der Waals surface area contributed by atoms with Crippen LogP contribution in [0, 0.1) is 22.7 Å². The molecule has 37 heavy (non-hydrogen) atoms. The number of hydrogen-bond donors (Lipinski definition) is 0. The Kier molecular flexibility index (Phi) is 4.36. The Morgan fingerprint density at radius 1 is 0.649 bits per heavy atom. The molecule has 0 saturated carbocycles. The number of fused-ring (bicyclic) bond motifs is 4. The van der Waals surface area contributed by atoms with Crippen LogP contribution in [0.2, 0.25) is 0 Å². The highest BCUT2D eigenvalue weighted by molar-refractivity contribution is 6.18. The zero-order valence-corrected chi connectivity index (χ0v) is 19.4. The van der Waals surface area contributed by atoms with Crippen LogP contribution in [0.25, 0.3) is 60.5 Å². The fourth-order valence-corrected chi connectivity index (χ4v) is 5.37. The van der Waals surface area contributed by atoms with E-state index in [0.717, 1.165) is 33.2 Å². The molecule has 0 spiro atoms. The van der Waals surface area contributed by atoms with Crippen LogP contribution in [-0.2, 0) is 0 Å². The third kappa shape index (κ3) is 2.89. The molecule has 0 atom stereocenters. The van der Waals surface area contributed by atoms with E-state index in [-0.39, 0.29) is 5.56 Å². The summed E-state index contributed by atoms with van der Waals surface area (Å²) in [6.45, 7) is 0. The van der Waals surface area contributed by atoms with Crippen molar-refractivity contribution in [3.05, 3.63) is 119 Å². The third-order valence-corrected chi connectivity index (χ3v) is 7.03. The standard InChI is InChI=1S/C32H16N4O/c33-17-21-11-13-24-29-25(14-12-22(18-34)28(21)29)32(37)36-27-16-23(19-7-3-1-4-8-19)15-26(30(27)35-31(24)36)20-9-5-2-6-10-20/h1-16H. The Morgan fingerprint density at radius 2 is 1.27 bits per heavy atom. The van der Waals surface area contributed by atoms with Gasteiger partial charge in [-0.05, 0) is 53.1 Å². The molecular weight excluding hydrogens is 456 g/mol. The van der Waals surface area contributed by atoms with Gasteiger partial charge >= 0.3 is 0 Å². The summed E-state index contributed by atoms with van der Waals surface area (Å²) in [4.78, 5) is 19.0. The molecule has 7 rings (SSSR count). The van der Waals surface area contributed by atoms with E-state index in [0.29, 0.717) is 38.4 Å². The van der Waals surface area contributed by atoms with Crippen LogP contribution < -0.4 is 5.56 Å². The van der Waals surface area contributed by atoms with Crippen LogP contribution in [0.4, 0.5) is 0 Å². The van der Waals surface area contributed by atoms with Crippen molar-refractivity contribution in [1.29, 1.82) is 10.5 Å². The minimum atomic E-state index is -0.223. The van der Waals surface area contributed by atoms with Crippen molar-refractivity contribution in [2.75, 3.05) is 0 Å². The average molecular weight is 473 g/mol. The molecular formula is C32H16N4O. The Bertz CT molecular complexity index is 2150. The topological polar surface area (TPSA) is 81.9 Å². The van der Waals surface area contributed by atoms with Crippen molar-refractivity contribution >= 4 is 38.2 Å². The number of imidazole rings is 1. The first kappa shape index (κ1) is 20.8. The van der Waals surface area contributed by atoms with Crippen molar-refractivity contribution in [2.45, 2.75) is 0 Å². The summed E-state index contributed by atoms with van der Waals surface area (Å²) in [5, 5.41) is 21.8. The number of hydrogen-bond acceptors (Lipinski definition) is 4. The number of pyridine rings is 1. The summed E-state index contributed by atoms with van der Waals surface area (Å²) in [5.41, 5.74) is 6.42. The van der Waals surface area contributed by atoms with Crippen molar-refractivity contribution in [1.82, 2.24) is 9.38 Å². The van der Waals surface area contributed by atoms with E-state index in [1.807, 2.05) is 72.8 Å². The minimum Gasteiger partial charge on any atom is -0.268 e. The number of nitrogens with zero attached hydrogens (tertiary/aromatic N) is 4. The molecule has 0 aliphatic rings. The lowest BCUT2D eigenvalue weighted by Crippen LogP contribution is -2.13. The van der Waals surface area contributed by atoms with Crippen molar-refractivity contribution in [3.63, 3.8) is 0 Å². The van der Waals surface area contributed by atoms with E-state index in [4.69, 9.17) is 4.98 Å². The van der Waals surface area contributed by atoms with Gasteiger partial charge in [-0.15, -0.1) is 0 Å². The quantitative estimate of drug-likeness (QED) is 0.281. The van der Waals surface area contributed by atoms with Crippen molar-refractivity contribution < 1.29 is 0 Å². The number of rotatable bonds is 2. The summed E-state index contributed by atoms with van der Waals surface area (Å²) in [7, 11) is 0. The molecule has 0 unspecified atom stereocenters. The fourth-order valence-electron chi connectivity index (χ4n) is 5.37. The lowest BCUT2D eigenvalue weighted by molar-refractivity contribution is 1.19. The highest BCUT2D eigenvalue weighted by atomic mass is 16.1. The van der Waals surface area contributed by atoms with Gasteiger partial charge in [-0.1, -0.05) is 60.7 Å². The van der Waals surface area contributed by atoms with Crippen molar-refractivity contribution in [3.8, 4) is 34.4 Å². The maximum absolute atomic E-state index is 14.0. The Balaban J connectivity index is 1.72. The second-order valence-corrected chi connectivity index (χ2v) is 8.99. The van der Waals surface area contributed by atoms with E-state index in [9.17, 15) is 15.3 Å². The average Bonchev–Trinajstić information content (AvgIpc) is 3.35. The predicted octanol–water partition coefficient (Wildman–Crippen LogP) is 6.67. The minimum absolute atomic E-state index is 0.223. The monoisotopic (exact) mass is 472 g/mol. The van der Waals surface area contributed by atoms with Gasteiger partial charge in [-0.2, -0.15) is 10.5 Å². The van der Waals surface area contributed by atoms with Gasteiger partial charge in [0.15, 0.2) is 0 Å². The van der Waals surface area contributed by atoms with Crippen LogP contribution in [0.15, 0.2) is 102 Å². The molecule has 5 heteroatoms. The summed E-state index contributed by atoms with van der Waals surface area (Å²) in [5.74, 6) is 0. The van der Waals surface area contributed by atoms with Crippen LogP contribution in [0.3, 0.4) is 0 Å². The molecule has 5 nitrogen and oxygen atoms in total. The summed E-state index contributed by atoms with van der Waals surface area (Å²) in [6.07, 6.45) is 0. The van der Waals surface area contributed by atoms with E-state index in [2.05, 4.69) is 18.2 Å². The smallest absolute Gasteiger partial charge is 0.264 e. The Labute approximate surface area is 211 Å². The second-order valence-electron chi connectivity index (χ2n) is 8.99. The van der Waals surface area contributed by atoms with E-state index in [1.54, 1.807) is 22.6 Å². The zero-order valence-electron chi connectivity index (χ0n) is 19.4. The molecule has 0 amide bonds. The molecule has 0 fully saturated rings. The molecule has 170 valence electrons. The highest BCUT2D eigenvalue weighted by Gasteiger charge is 2.21. The van der Waals surface area contributed by atoms with Gasteiger partial charge in [0.2, 0.25) is 0 Å². The molecule has 2 aromatic heterocycles.